The lowest BCUT2D eigenvalue weighted by molar-refractivity contribution is -0.122. The van der Waals surface area contributed by atoms with Gasteiger partial charge in [-0.2, -0.15) is 5.10 Å². The van der Waals surface area contributed by atoms with E-state index in [4.69, 9.17) is 5.73 Å². The maximum atomic E-state index is 11.8. The second-order valence-corrected chi connectivity index (χ2v) is 5.03. The van der Waals surface area contributed by atoms with Crippen LogP contribution in [0.1, 0.15) is 17.1 Å². The molecule has 2 rings (SSSR count). The molecule has 0 bridgehead atoms. The fourth-order valence-corrected chi connectivity index (χ4v) is 2.23. The summed E-state index contributed by atoms with van der Waals surface area (Å²) >= 11 is 1.07. The van der Waals surface area contributed by atoms with Gasteiger partial charge in [-0.3, -0.25) is 14.3 Å². The van der Waals surface area contributed by atoms with Crippen LogP contribution in [-0.2, 0) is 17.9 Å². The Morgan fingerprint density at radius 1 is 1.58 bits per heavy atom. The van der Waals surface area contributed by atoms with Crippen LogP contribution in [0.4, 0.5) is 5.69 Å². The third kappa shape index (κ3) is 3.02. The maximum Gasteiger partial charge on any atom is 0.304 e. The minimum Gasteiger partial charge on any atom is -0.396 e. The van der Waals surface area contributed by atoms with E-state index in [2.05, 4.69) is 15.4 Å². The van der Waals surface area contributed by atoms with E-state index in [0.29, 0.717) is 23.6 Å². The molecule has 0 unspecified atom stereocenters. The van der Waals surface area contributed by atoms with Gasteiger partial charge in [0.1, 0.15) is 6.54 Å². The Labute approximate surface area is 113 Å². The maximum absolute atomic E-state index is 11.8. The van der Waals surface area contributed by atoms with E-state index in [9.17, 15) is 9.59 Å². The quantitative estimate of drug-likeness (QED) is 0.741. The van der Waals surface area contributed by atoms with Crippen LogP contribution in [0.2, 0.25) is 0 Å². The molecule has 0 saturated carbocycles. The van der Waals surface area contributed by atoms with Crippen molar-refractivity contribution in [2.45, 2.75) is 26.9 Å². The van der Waals surface area contributed by atoms with Crippen molar-refractivity contribution in [3.05, 3.63) is 32.1 Å². The summed E-state index contributed by atoms with van der Waals surface area (Å²) in [6.07, 6.45) is 0. The SMILES string of the molecule is Cc1nn(CC(=O)NCc2csc(=O)[nH]2)c(C)c1N. The fourth-order valence-electron chi connectivity index (χ4n) is 1.65. The third-order valence-corrected chi connectivity index (χ3v) is 3.50. The van der Waals surface area contributed by atoms with Crippen LogP contribution >= 0.6 is 11.3 Å². The first-order chi connectivity index (χ1) is 8.97. The molecule has 102 valence electrons. The lowest BCUT2D eigenvalue weighted by atomic mass is 10.3. The minimum absolute atomic E-state index is 0.109. The summed E-state index contributed by atoms with van der Waals surface area (Å²) < 4.78 is 1.57. The minimum atomic E-state index is -0.183. The van der Waals surface area contributed by atoms with Crippen molar-refractivity contribution in [1.82, 2.24) is 20.1 Å². The number of nitrogens with two attached hydrogens (primary N) is 1. The number of nitrogens with zero attached hydrogens (tertiary/aromatic N) is 2. The van der Waals surface area contributed by atoms with Gasteiger partial charge in [-0.1, -0.05) is 11.3 Å². The van der Waals surface area contributed by atoms with E-state index in [-0.39, 0.29) is 17.3 Å². The molecule has 1 amide bonds. The van der Waals surface area contributed by atoms with Crippen molar-refractivity contribution >= 4 is 22.9 Å². The summed E-state index contributed by atoms with van der Waals surface area (Å²) in [5.74, 6) is -0.183. The van der Waals surface area contributed by atoms with E-state index in [1.807, 2.05) is 6.92 Å². The number of hydrogen-bond donors (Lipinski definition) is 3. The van der Waals surface area contributed by atoms with Crippen molar-refractivity contribution in [1.29, 1.82) is 0 Å². The Kier molecular flexibility index (Phi) is 3.70. The molecule has 2 heterocycles. The summed E-state index contributed by atoms with van der Waals surface area (Å²) in [6.45, 7) is 4.02. The monoisotopic (exact) mass is 281 g/mol. The zero-order valence-electron chi connectivity index (χ0n) is 10.7. The summed E-state index contributed by atoms with van der Waals surface area (Å²) in [5.41, 5.74) is 8.58. The van der Waals surface area contributed by atoms with Crippen LogP contribution in [0.5, 0.6) is 0 Å². The molecule has 2 aromatic heterocycles. The van der Waals surface area contributed by atoms with E-state index in [0.717, 1.165) is 17.0 Å². The van der Waals surface area contributed by atoms with Crippen LogP contribution in [0, 0.1) is 13.8 Å². The van der Waals surface area contributed by atoms with Gasteiger partial charge in [-0.25, -0.2) is 0 Å². The number of amides is 1. The number of hydrogen-bond acceptors (Lipinski definition) is 5. The van der Waals surface area contributed by atoms with E-state index in [1.54, 1.807) is 17.0 Å². The number of nitrogen functional groups attached to an aromatic ring is 1. The molecule has 0 fully saturated rings. The molecule has 0 aliphatic rings. The zero-order chi connectivity index (χ0) is 14.0. The summed E-state index contributed by atoms with van der Waals surface area (Å²) in [6, 6.07) is 0. The van der Waals surface area contributed by atoms with Gasteiger partial charge in [0, 0.05) is 11.1 Å². The Hall–Kier alpha value is -2.09. The average molecular weight is 281 g/mol. The number of nitrogens with one attached hydrogen (secondary N) is 2. The van der Waals surface area contributed by atoms with Gasteiger partial charge in [-0.05, 0) is 13.8 Å². The highest BCUT2D eigenvalue weighted by Crippen LogP contribution is 2.14. The van der Waals surface area contributed by atoms with Crippen molar-refractivity contribution in [2.75, 3.05) is 5.73 Å². The van der Waals surface area contributed by atoms with Crippen molar-refractivity contribution in [2.24, 2.45) is 0 Å². The van der Waals surface area contributed by atoms with Crippen molar-refractivity contribution < 1.29 is 4.79 Å². The number of anilines is 1. The molecule has 4 N–H and O–H groups in total. The molecule has 0 radical (unpaired) electrons. The number of aromatic nitrogens is 3. The normalized spacial score (nSPS) is 10.6. The molecule has 0 aliphatic heterocycles. The van der Waals surface area contributed by atoms with E-state index >= 15 is 0 Å². The van der Waals surface area contributed by atoms with Crippen molar-refractivity contribution in [3.63, 3.8) is 0 Å². The van der Waals surface area contributed by atoms with Crippen molar-refractivity contribution in [3.8, 4) is 0 Å². The average Bonchev–Trinajstić information content (AvgIpc) is 2.88. The molecular formula is C11H15N5O2S. The van der Waals surface area contributed by atoms with Gasteiger partial charge in [0.15, 0.2) is 0 Å². The molecule has 7 nitrogen and oxygen atoms in total. The lowest BCUT2D eigenvalue weighted by Crippen LogP contribution is -2.28. The highest BCUT2D eigenvalue weighted by molar-refractivity contribution is 7.07. The number of carbonyl (C=O) groups excluding carboxylic acids is 1. The number of rotatable bonds is 4. The molecular weight excluding hydrogens is 266 g/mol. The molecule has 0 aliphatic carbocycles. The molecule has 8 heteroatoms. The van der Waals surface area contributed by atoms with Crippen LogP contribution in [-0.4, -0.2) is 20.7 Å². The predicted molar refractivity (Wildman–Crippen MR) is 72.9 cm³/mol. The van der Waals surface area contributed by atoms with E-state index in [1.165, 1.54) is 0 Å². The summed E-state index contributed by atoms with van der Waals surface area (Å²) in [5, 5.41) is 8.58. The topological polar surface area (TPSA) is 106 Å². The second kappa shape index (κ2) is 5.27. The number of H-pyrrole nitrogens is 1. The van der Waals surface area contributed by atoms with Gasteiger partial charge in [0.25, 0.3) is 0 Å². The molecule has 0 atom stereocenters. The highest BCUT2D eigenvalue weighted by Gasteiger charge is 2.11. The Morgan fingerprint density at radius 2 is 2.32 bits per heavy atom. The van der Waals surface area contributed by atoms with Gasteiger partial charge in [0.2, 0.25) is 5.91 Å². The number of aromatic amines is 1. The number of aryl methyl sites for hydroxylation is 1. The fraction of sp³-hybridized carbons (Fsp3) is 0.364. The Balaban J connectivity index is 1.94. The third-order valence-electron chi connectivity index (χ3n) is 2.78. The van der Waals surface area contributed by atoms with Crippen LogP contribution in [0.15, 0.2) is 10.2 Å². The van der Waals surface area contributed by atoms with Crippen LogP contribution in [0.25, 0.3) is 0 Å². The van der Waals surface area contributed by atoms with Gasteiger partial charge < -0.3 is 16.0 Å². The standard InChI is InChI=1S/C11H15N5O2S/c1-6-10(12)7(2)16(15-6)4-9(17)13-3-8-5-19-11(18)14-8/h5H,3-4,12H2,1-2H3,(H,13,17)(H,14,18). The smallest absolute Gasteiger partial charge is 0.304 e. The zero-order valence-corrected chi connectivity index (χ0v) is 11.5. The Morgan fingerprint density at radius 3 is 2.84 bits per heavy atom. The van der Waals surface area contributed by atoms with Gasteiger partial charge in [-0.15, -0.1) is 0 Å². The van der Waals surface area contributed by atoms with Crippen LogP contribution < -0.4 is 15.9 Å². The first-order valence-electron chi connectivity index (χ1n) is 5.70. The lowest BCUT2D eigenvalue weighted by Gasteiger charge is -2.05. The number of carbonyl (C=O) groups is 1. The molecule has 0 aromatic carbocycles. The predicted octanol–water partition coefficient (Wildman–Crippen LogP) is 0.148. The van der Waals surface area contributed by atoms with Gasteiger partial charge in [0.05, 0.1) is 23.6 Å². The highest BCUT2D eigenvalue weighted by atomic mass is 32.1. The summed E-state index contributed by atoms with van der Waals surface area (Å²) in [7, 11) is 0. The summed E-state index contributed by atoms with van der Waals surface area (Å²) in [4.78, 5) is 25.2. The molecule has 2 aromatic rings. The largest absolute Gasteiger partial charge is 0.396 e. The van der Waals surface area contributed by atoms with Crippen LogP contribution in [0.3, 0.4) is 0 Å². The first-order valence-corrected chi connectivity index (χ1v) is 6.58. The van der Waals surface area contributed by atoms with E-state index < -0.39 is 0 Å². The van der Waals surface area contributed by atoms with Gasteiger partial charge >= 0.3 is 4.87 Å². The second-order valence-electron chi connectivity index (χ2n) is 4.19. The first kappa shape index (κ1) is 13.3. The Bertz CT molecular complexity index is 654. The number of thiazole rings is 1. The molecule has 0 spiro atoms. The molecule has 19 heavy (non-hydrogen) atoms. The molecule has 0 saturated heterocycles.